The Morgan fingerprint density at radius 2 is 2.00 bits per heavy atom. The molecule has 1 amide bonds. The Morgan fingerprint density at radius 1 is 1.28 bits per heavy atom. The van der Waals surface area contributed by atoms with Crippen molar-refractivity contribution >= 4 is 29.7 Å². The van der Waals surface area contributed by atoms with E-state index in [2.05, 4.69) is 44.2 Å². The average Bonchev–Trinajstić information content (AvgIpc) is 3.19. The van der Waals surface area contributed by atoms with Crippen LogP contribution in [0.25, 0.3) is 0 Å². The minimum atomic E-state index is 0. The number of nitrogens with two attached hydrogens (primary N) is 1. The fourth-order valence-corrected chi connectivity index (χ4v) is 4.69. The van der Waals surface area contributed by atoms with E-state index in [4.69, 9.17) is 5.73 Å². The highest BCUT2D eigenvalue weighted by Gasteiger charge is 2.36. The van der Waals surface area contributed by atoms with Gasteiger partial charge in [-0.25, -0.2) is 0 Å². The predicted octanol–water partition coefficient (Wildman–Crippen LogP) is 4.25. The van der Waals surface area contributed by atoms with Crippen molar-refractivity contribution in [1.82, 2.24) is 4.90 Å². The van der Waals surface area contributed by atoms with Gasteiger partial charge in [0.15, 0.2) is 0 Å². The number of thiophene rings is 1. The predicted molar refractivity (Wildman–Crippen MR) is 108 cm³/mol. The number of hydrogen-bond donors (Lipinski definition) is 1. The fraction of sp³-hybridized carbons (Fsp3) is 0.450. The van der Waals surface area contributed by atoms with Crippen LogP contribution in [-0.4, -0.2) is 30.4 Å². The molecule has 3 nitrogen and oxygen atoms in total. The molecule has 3 rings (SSSR count). The van der Waals surface area contributed by atoms with Crippen molar-refractivity contribution < 1.29 is 4.79 Å². The molecule has 1 aliphatic heterocycles. The molecular weight excluding hydrogens is 352 g/mol. The van der Waals surface area contributed by atoms with Crippen LogP contribution in [0, 0.1) is 12.8 Å². The first-order valence-electron chi connectivity index (χ1n) is 8.77. The summed E-state index contributed by atoms with van der Waals surface area (Å²) in [6, 6.07) is 12.5. The van der Waals surface area contributed by atoms with Crippen LogP contribution in [0.15, 0.2) is 36.4 Å². The second-order valence-corrected chi connectivity index (χ2v) is 7.92. The van der Waals surface area contributed by atoms with Crippen molar-refractivity contribution in [3.8, 4) is 0 Å². The molecule has 0 unspecified atom stereocenters. The van der Waals surface area contributed by atoms with Gasteiger partial charge in [0.2, 0.25) is 0 Å². The second kappa shape index (κ2) is 8.84. The number of carbonyl (C=O) groups is 1. The molecule has 0 aliphatic carbocycles. The van der Waals surface area contributed by atoms with Gasteiger partial charge in [0.05, 0.1) is 4.88 Å². The van der Waals surface area contributed by atoms with Crippen molar-refractivity contribution in [2.24, 2.45) is 11.7 Å². The topological polar surface area (TPSA) is 46.3 Å². The molecular formula is C20H27ClN2OS. The molecule has 0 saturated carbocycles. The molecule has 0 radical (unpaired) electrons. The van der Waals surface area contributed by atoms with Crippen LogP contribution >= 0.6 is 23.7 Å². The summed E-state index contributed by atoms with van der Waals surface area (Å²) in [5, 5.41) is 0. The summed E-state index contributed by atoms with van der Waals surface area (Å²) in [6.45, 7) is 6.44. The maximum absolute atomic E-state index is 13.0. The van der Waals surface area contributed by atoms with Gasteiger partial charge in [0.25, 0.3) is 5.91 Å². The Morgan fingerprint density at radius 3 is 2.64 bits per heavy atom. The number of likely N-dealkylation sites (tertiary alicyclic amines) is 1. The van der Waals surface area contributed by atoms with Gasteiger partial charge in [-0.2, -0.15) is 0 Å². The third kappa shape index (κ3) is 4.25. The Kier molecular flexibility index (Phi) is 7.05. The van der Waals surface area contributed by atoms with Crippen molar-refractivity contribution in [3.63, 3.8) is 0 Å². The minimum absolute atomic E-state index is 0. The molecule has 0 spiro atoms. The number of carbonyl (C=O) groups excluding carboxylic acids is 1. The second-order valence-electron chi connectivity index (χ2n) is 6.67. The van der Waals surface area contributed by atoms with E-state index in [9.17, 15) is 4.79 Å². The first-order valence-corrected chi connectivity index (χ1v) is 9.59. The van der Waals surface area contributed by atoms with E-state index in [1.807, 2.05) is 11.0 Å². The van der Waals surface area contributed by atoms with Gasteiger partial charge in [-0.1, -0.05) is 43.7 Å². The first kappa shape index (κ1) is 20.0. The number of hydrogen-bond acceptors (Lipinski definition) is 3. The highest BCUT2D eigenvalue weighted by Crippen LogP contribution is 2.34. The number of benzene rings is 1. The van der Waals surface area contributed by atoms with Crippen molar-refractivity contribution in [1.29, 1.82) is 0 Å². The number of halogens is 1. The Labute approximate surface area is 160 Å². The summed E-state index contributed by atoms with van der Waals surface area (Å²) >= 11 is 1.63. The van der Waals surface area contributed by atoms with Gasteiger partial charge < -0.3 is 10.6 Å². The molecule has 2 atom stereocenters. The summed E-state index contributed by atoms with van der Waals surface area (Å²) in [4.78, 5) is 17.1. The van der Waals surface area contributed by atoms with Crippen LogP contribution in [0.1, 0.15) is 44.9 Å². The van der Waals surface area contributed by atoms with Crippen LogP contribution in [-0.2, 0) is 6.42 Å². The maximum Gasteiger partial charge on any atom is 0.263 e. The monoisotopic (exact) mass is 378 g/mol. The molecule has 1 aromatic carbocycles. The molecule has 2 heterocycles. The van der Waals surface area contributed by atoms with Gasteiger partial charge in [0.1, 0.15) is 0 Å². The molecule has 1 saturated heterocycles. The Bertz CT molecular complexity index is 701. The summed E-state index contributed by atoms with van der Waals surface area (Å²) in [7, 11) is 0. The van der Waals surface area contributed by atoms with E-state index < -0.39 is 0 Å². The maximum atomic E-state index is 13.0. The molecule has 5 heteroatoms. The van der Waals surface area contributed by atoms with Gasteiger partial charge in [-0.05, 0) is 43.0 Å². The molecule has 136 valence electrons. The van der Waals surface area contributed by atoms with E-state index in [0.717, 1.165) is 30.8 Å². The zero-order chi connectivity index (χ0) is 17.1. The molecule has 1 aliphatic rings. The van der Waals surface area contributed by atoms with E-state index >= 15 is 0 Å². The van der Waals surface area contributed by atoms with Crippen LogP contribution in [0.3, 0.4) is 0 Å². The lowest BCUT2D eigenvalue weighted by Gasteiger charge is -2.16. The van der Waals surface area contributed by atoms with Crippen LogP contribution in [0.4, 0.5) is 0 Å². The molecule has 0 bridgehead atoms. The van der Waals surface area contributed by atoms with Crippen molar-refractivity contribution in [2.75, 3.05) is 19.6 Å². The molecule has 2 N–H and O–H groups in total. The lowest BCUT2D eigenvalue weighted by atomic mass is 9.89. The van der Waals surface area contributed by atoms with E-state index in [0.29, 0.717) is 18.4 Å². The Balaban J connectivity index is 0.00000225. The Hall–Kier alpha value is -1.36. The van der Waals surface area contributed by atoms with Crippen LogP contribution in [0.2, 0.25) is 0 Å². The van der Waals surface area contributed by atoms with E-state index in [-0.39, 0.29) is 18.3 Å². The molecule has 1 fully saturated rings. The zero-order valence-electron chi connectivity index (χ0n) is 14.9. The summed E-state index contributed by atoms with van der Waals surface area (Å²) in [5.74, 6) is 0.853. The van der Waals surface area contributed by atoms with Crippen LogP contribution < -0.4 is 5.73 Å². The summed E-state index contributed by atoms with van der Waals surface area (Å²) < 4.78 is 0. The smallest absolute Gasteiger partial charge is 0.263 e. The van der Waals surface area contributed by atoms with Gasteiger partial charge in [-0.15, -0.1) is 23.7 Å². The summed E-state index contributed by atoms with van der Waals surface area (Å²) in [5.41, 5.74) is 8.60. The van der Waals surface area contributed by atoms with Gasteiger partial charge >= 0.3 is 0 Å². The lowest BCUT2D eigenvalue weighted by Crippen LogP contribution is -2.29. The zero-order valence-corrected chi connectivity index (χ0v) is 16.5. The van der Waals surface area contributed by atoms with Crippen molar-refractivity contribution in [2.45, 2.75) is 32.6 Å². The molecule has 2 aromatic rings. The third-order valence-corrected chi connectivity index (χ3v) is 6.09. The van der Waals surface area contributed by atoms with Gasteiger partial charge in [-0.3, -0.25) is 4.79 Å². The van der Waals surface area contributed by atoms with E-state index in [1.165, 1.54) is 16.0 Å². The quantitative estimate of drug-likeness (QED) is 0.845. The number of nitrogens with zero attached hydrogens (tertiary/aromatic N) is 1. The average molecular weight is 379 g/mol. The van der Waals surface area contributed by atoms with Crippen LogP contribution in [0.5, 0.6) is 0 Å². The third-order valence-electron chi connectivity index (χ3n) is 5.01. The minimum Gasteiger partial charge on any atom is -0.337 e. The van der Waals surface area contributed by atoms with E-state index in [1.54, 1.807) is 11.3 Å². The number of rotatable bonds is 5. The number of aryl methyl sites for hydroxylation is 2. The standard InChI is InChI=1S/C20H26N2OS.ClH/c1-3-7-16-10-19(24-14(16)2)20(23)22-12-17(11-21)18(13-22)15-8-5-4-6-9-15;/h4-6,8-10,17-18H,3,7,11-13,21H2,1-2H3;1H/t17-,18+;/m1./s1. The highest BCUT2D eigenvalue weighted by atomic mass is 35.5. The first-order chi connectivity index (χ1) is 11.6. The largest absolute Gasteiger partial charge is 0.337 e. The molecule has 25 heavy (non-hydrogen) atoms. The SMILES string of the molecule is CCCc1cc(C(=O)N2C[C@@H](CN)[C@H](c3ccccc3)C2)sc1C.Cl. The number of amides is 1. The van der Waals surface area contributed by atoms with Gasteiger partial charge in [0, 0.05) is 23.9 Å². The summed E-state index contributed by atoms with van der Waals surface area (Å²) in [6.07, 6.45) is 2.16. The highest BCUT2D eigenvalue weighted by molar-refractivity contribution is 7.14. The normalized spacial score (nSPS) is 19.7. The fourth-order valence-electron chi connectivity index (χ4n) is 3.65. The lowest BCUT2D eigenvalue weighted by molar-refractivity contribution is 0.0791. The van der Waals surface area contributed by atoms with Crippen molar-refractivity contribution in [3.05, 3.63) is 57.3 Å². The molecule has 1 aromatic heterocycles.